The van der Waals surface area contributed by atoms with Crippen molar-refractivity contribution in [2.45, 2.75) is 32.9 Å². The van der Waals surface area contributed by atoms with E-state index in [4.69, 9.17) is 0 Å². The number of aryl methyl sites for hydroxylation is 1. The Morgan fingerprint density at radius 3 is 2.73 bits per heavy atom. The highest BCUT2D eigenvalue weighted by atomic mass is 15.2. The van der Waals surface area contributed by atoms with Crippen LogP contribution in [0.1, 0.15) is 24.6 Å². The molecule has 0 aliphatic carbocycles. The fourth-order valence-electron chi connectivity index (χ4n) is 3.33. The van der Waals surface area contributed by atoms with Gasteiger partial charge in [-0.3, -0.25) is 9.88 Å². The van der Waals surface area contributed by atoms with Gasteiger partial charge in [0.05, 0.1) is 0 Å². The molecule has 1 atom stereocenters. The normalized spacial score (nSPS) is 19.9. The molecular formula is C19H25N3. The van der Waals surface area contributed by atoms with Gasteiger partial charge in [-0.05, 0) is 38.0 Å². The molecule has 1 aromatic carbocycles. The Kier molecular flexibility index (Phi) is 4.74. The van der Waals surface area contributed by atoms with Crippen molar-refractivity contribution in [1.82, 2.24) is 9.88 Å². The molecule has 116 valence electrons. The number of hydrogen-bond donors (Lipinski definition) is 0. The minimum Gasteiger partial charge on any atom is -0.367 e. The summed E-state index contributed by atoms with van der Waals surface area (Å²) < 4.78 is 0. The van der Waals surface area contributed by atoms with Crippen LogP contribution in [-0.2, 0) is 6.54 Å². The van der Waals surface area contributed by atoms with Gasteiger partial charge in [0.1, 0.15) is 0 Å². The van der Waals surface area contributed by atoms with Gasteiger partial charge in [-0.1, -0.05) is 30.3 Å². The van der Waals surface area contributed by atoms with Crippen LogP contribution in [0.5, 0.6) is 0 Å². The van der Waals surface area contributed by atoms with E-state index < -0.39 is 0 Å². The highest BCUT2D eigenvalue weighted by Gasteiger charge is 2.21. The van der Waals surface area contributed by atoms with Gasteiger partial charge in [0.2, 0.25) is 0 Å². The number of benzene rings is 1. The van der Waals surface area contributed by atoms with Crippen LogP contribution in [0.15, 0.2) is 48.7 Å². The average molecular weight is 295 g/mol. The summed E-state index contributed by atoms with van der Waals surface area (Å²) in [7, 11) is 0. The van der Waals surface area contributed by atoms with Crippen LogP contribution < -0.4 is 4.90 Å². The van der Waals surface area contributed by atoms with E-state index in [1.165, 1.54) is 24.2 Å². The number of rotatable bonds is 3. The molecule has 1 aromatic heterocycles. The first kappa shape index (κ1) is 15.0. The van der Waals surface area contributed by atoms with Crippen molar-refractivity contribution in [3.8, 4) is 0 Å². The van der Waals surface area contributed by atoms with Crippen molar-refractivity contribution in [1.29, 1.82) is 0 Å². The summed E-state index contributed by atoms with van der Waals surface area (Å²) in [4.78, 5) is 9.42. The molecule has 1 unspecified atom stereocenters. The smallest absolute Gasteiger partial charge is 0.0402 e. The molecule has 3 heteroatoms. The molecule has 1 aliphatic rings. The molecule has 22 heavy (non-hydrogen) atoms. The molecule has 2 aromatic rings. The molecule has 3 nitrogen and oxygen atoms in total. The summed E-state index contributed by atoms with van der Waals surface area (Å²) in [5.41, 5.74) is 3.81. The lowest BCUT2D eigenvalue weighted by Gasteiger charge is -2.31. The van der Waals surface area contributed by atoms with Gasteiger partial charge in [-0.15, -0.1) is 0 Å². The summed E-state index contributed by atoms with van der Waals surface area (Å²) in [6.07, 6.45) is 3.13. The van der Waals surface area contributed by atoms with Crippen molar-refractivity contribution in [2.24, 2.45) is 0 Å². The molecule has 2 heterocycles. The first-order chi connectivity index (χ1) is 10.7. The maximum absolute atomic E-state index is 4.32. The molecule has 1 fully saturated rings. The summed E-state index contributed by atoms with van der Waals surface area (Å²) in [5, 5.41) is 0. The third-order valence-corrected chi connectivity index (χ3v) is 4.39. The zero-order chi connectivity index (χ0) is 15.4. The zero-order valence-corrected chi connectivity index (χ0v) is 13.6. The van der Waals surface area contributed by atoms with E-state index in [1.54, 1.807) is 0 Å². The van der Waals surface area contributed by atoms with Crippen LogP contribution in [0, 0.1) is 6.92 Å². The van der Waals surface area contributed by atoms with E-state index in [9.17, 15) is 0 Å². The van der Waals surface area contributed by atoms with Gasteiger partial charge in [-0.25, -0.2) is 0 Å². The van der Waals surface area contributed by atoms with Gasteiger partial charge in [0.25, 0.3) is 0 Å². The van der Waals surface area contributed by atoms with Crippen molar-refractivity contribution in [2.75, 3.05) is 24.5 Å². The lowest BCUT2D eigenvalue weighted by Crippen LogP contribution is -2.38. The van der Waals surface area contributed by atoms with E-state index in [0.717, 1.165) is 25.3 Å². The van der Waals surface area contributed by atoms with Crippen LogP contribution in [0.3, 0.4) is 0 Å². The Hall–Kier alpha value is -1.87. The van der Waals surface area contributed by atoms with Crippen molar-refractivity contribution < 1.29 is 0 Å². The Bertz CT molecular complexity index is 597. The van der Waals surface area contributed by atoms with Crippen LogP contribution in [0.25, 0.3) is 0 Å². The molecule has 0 radical (unpaired) electrons. The highest BCUT2D eigenvalue weighted by molar-refractivity contribution is 5.47. The summed E-state index contributed by atoms with van der Waals surface area (Å²) >= 11 is 0. The van der Waals surface area contributed by atoms with E-state index in [0.29, 0.717) is 6.04 Å². The molecule has 3 rings (SSSR count). The number of aromatic nitrogens is 1. The molecule has 0 N–H and O–H groups in total. The first-order valence-electron chi connectivity index (χ1n) is 8.18. The number of pyridine rings is 1. The van der Waals surface area contributed by atoms with Crippen molar-refractivity contribution in [3.63, 3.8) is 0 Å². The Morgan fingerprint density at radius 2 is 1.95 bits per heavy atom. The second kappa shape index (κ2) is 6.93. The third-order valence-electron chi connectivity index (χ3n) is 4.39. The van der Waals surface area contributed by atoms with Crippen molar-refractivity contribution in [3.05, 3.63) is 59.9 Å². The molecule has 1 aliphatic heterocycles. The van der Waals surface area contributed by atoms with Crippen LogP contribution in [0.2, 0.25) is 0 Å². The highest BCUT2D eigenvalue weighted by Crippen LogP contribution is 2.21. The molecular weight excluding hydrogens is 270 g/mol. The maximum atomic E-state index is 4.32. The lowest BCUT2D eigenvalue weighted by atomic mass is 10.2. The molecule has 0 amide bonds. The molecule has 0 spiro atoms. The first-order valence-corrected chi connectivity index (χ1v) is 8.18. The maximum Gasteiger partial charge on any atom is 0.0402 e. The van der Waals surface area contributed by atoms with Gasteiger partial charge in [-0.2, -0.15) is 0 Å². The Labute approximate surface area is 133 Å². The second-order valence-electron chi connectivity index (χ2n) is 6.27. The predicted octanol–water partition coefficient (Wildman–Crippen LogP) is 3.49. The Morgan fingerprint density at radius 1 is 1.14 bits per heavy atom. The van der Waals surface area contributed by atoms with E-state index >= 15 is 0 Å². The Balaban J connectivity index is 1.69. The van der Waals surface area contributed by atoms with Gasteiger partial charge >= 0.3 is 0 Å². The minimum atomic E-state index is 0.521. The quantitative estimate of drug-likeness (QED) is 0.864. The SMILES string of the molecule is Cc1cc(N2CCCN(Cc3ccccc3)CC2C)ccn1. The molecule has 1 saturated heterocycles. The van der Waals surface area contributed by atoms with Crippen LogP contribution in [0.4, 0.5) is 5.69 Å². The number of nitrogens with zero attached hydrogens (tertiary/aromatic N) is 3. The van der Waals surface area contributed by atoms with Gasteiger partial charge < -0.3 is 4.90 Å². The van der Waals surface area contributed by atoms with Gasteiger partial charge in [0, 0.05) is 49.8 Å². The standard InChI is InChI=1S/C19H25N3/c1-16-13-19(9-10-20-16)22-12-6-11-21(14-17(22)2)15-18-7-4-3-5-8-18/h3-5,7-10,13,17H,6,11-12,14-15H2,1-2H3. The van der Waals surface area contributed by atoms with Crippen molar-refractivity contribution >= 4 is 5.69 Å². The summed E-state index contributed by atoms with van der Waals surface area (Å²) in [5.74, 6) is 0. The average Bonchev–Trinajstić information content (AvgIpc) is 2.69. The van der Waals surface area contributed by atoms with Crippen LogP contribution >= 0.6 is 0 Å². The minimum absolute atomic E-state index is 0.521. The predicted molar refractivity (Wildman–Crippen MR) is 92.1 cm³/mol. The van der Waals surface area contributed by atoms with E-state index in [-0.39, 0.29) is 0 Å². The zero-order valence-electron chi connectivity index (χ0n) is 13.6. The number of hydrogen-bond acceptors (Lipinski definition) is 3. The monoisotopic (exact) mass is 295 g/mol. The lowest BCUT2D eigenvalue weighted by molar-refractivity contribution is 0.268. The van der Waals surface area contributed by atoms with E-state index in [2.05, 4.69) is 71.1 Å². The van der Waals surface area contributed by atoms with Gasteiger partial charge in [0.15, 0.2) is 0 Å². The molecule has 0 saturated carbocycles. The van der Waals surface area contributed by atoms with Crippen LogP contribution in [-0.4, -0.2) is 35.6 Å². The summed E-state index contributed by atoms with van der Waals surface area (Å²) in [6.45, 7) is 8.84. The van der Waals surface area contributed by atoms with E-state index in [1.807, 2.05) is 6.20 Å². The summed E-state index contributed by atoms with van der Waals surface area (Å²) in [6, 6.07) is 15.6. The topological polar surface area (TPSA) is 19.4 Å². The fraction of sp³-hybridized carbons (Fsp3) is 0.421. The second-order valence-corrected chi connectivity index (χ2v) is 6.27. The largest absolute Gasteiger partial charge is 0.367 e. The third kappa shape index (κ3) is 3.66. The number of anilines is 1. The fourth-order valence-corrected chi connectivity index (χ4v) is 3.33. The molecule has 0 bridgehead atoms.